The molecule has 21 heavy (non-hydrogen) atoms. The predicted molar refractivity (Wildman–Crippen MR) is 82.9 cm³/mol. The van der Waals surface area contributed by atoms with Gasteiger partial charge in [0.05, 0.1) is 9.92 Å². The summed E-state index contributed by atoms with van der Waals surface area (Å²) in [4.78, 5) is 11.7. The van der Waals surface area contributed by atoms with Gasteiger partial charge in [-0.2, -0.15) is 4.31 Å². The Kier molecular flexibility index (Phi) is 4.68. The van der Waals surface area contributed by atoms with Gasteiger partial charge < -0.3 is 5.11 Å². The molecule has 0 aliphatic carbocycles. The monoisotopic (exact) mass is 395 g/mol. The fraction of sp³-hybridized carbons (Fsp3) is 0.462. The highest BCUT2D eigenvalue weighted by atomic mass is 79.9. The zero-order valence-corrected chi connectivity index (χ0v) is 14.5. The van der Waals surface area contributed by atoms with E-state index in [0.29, 0.717) is 22.3 Å². The molecule has 0 radical (unpaired) electrons. The third kappa shape index (κ3) is 2.72. The third-order valence-electron chi connectivity index (χ3n) is 3.89. The zero-order valence-electron chi connectivity index (χ0n) is 11.3. The molecule has 5 nitrogen and oxygen atoms in total. The zero-order chi connectivity index (χ0) is 15.8. The van der Waals surface area contributed by atoms with Gasteiger partial charge in [0.15, 0.2) is 0 Å². The molecule has 1 atom stereocenters. The highest BCUT2D eigenvalue weighted by Gasteiger charge is 2.52. The molecule has 0 spiro atoms. The number of hydrogen-bond donors (Lipinski definition) is 1. The summed E-state index contributed by atoms with van der Waals surface area (Å²) in [7, 11) is -3.88. The molecule has 0 saturated carbocycles. The molecular formula is C13H15BrClNO4S. The second kappa shape index (κ2) is 5.87. The second-order valence-corrected chi connectivity index (χ2v) is 8.07. The lowest BCUT2D eigenvalue weighted by atomic mass is 9.95. The third-order valence-corrected chi connectivity index (χ3v) is 7.07. The van der Waals surface area contributed by atoms with Gasteiger partial charge >= 0.3 is 5.97 Å². The lowest BCUT2D eigenvalue weighted by Gasteiger charge is -2.32. The summed E-state index contributed by atoms with van der Waals surface area (Å²) in [5, 5.41) is 9.91. The Morgan fingerprint density at radius 1 is 1.52 bits per heavy atom. The number of hydrogen-bond acceptors (Lipinski definition) is 3. The van der Waals surface area contributed by atoms with Crippen molar-refractivity contribution in [3.63, 3.8) is 0 Å². The van der Waals surface area contributed by atoms with Gasteiger partial charge in [-0.05, 0) is 53.4 Å². The van der Waals surface area contributed by atoms with Crippen molar-refractivity contribution in [2.75, 3.05) is 6.54 Å². The Hall–Kier alpha value is -0.630. The van der Waals surface area contributed by atoms with Crippen LogP contribution in [0, 0.1) is 0 Å². The van der Waals surface area contributed by atoms with Crippen molar-refractivity contribution in [2.45, 2.75) is 36.6 Å². The van der Waals surface area contributed by atoms with Crippen LogP contribution in [0.2, 0.25) is 5.02 Å². The number of carboxylic acids is 1. The number of aliphatic carboxylic acids is 1. The van der Waals surface area contributed by atoms with E-state index < -0.39 is 21.5 Å². The Morgan fingerprint density at radius 2 is 2.19 bits per heavy atom. The summed E-state index contributed by atoms with van der Waals surface area (Å²) in [5.41, 5.74) is -1.36. The minimum atomic E-state index is -3.88. The fourth-order valence-electron chi connectivity index (χ4n) is 2.69. The molecule has 1 aliphatic heterocycles. The summed E-state index contributed by atoms with van der Waals surface area (Å²) in [5.74, 6) is -1.10. The van der Waals surface area contributed by atoms with E-state index in [1.54, 1.807) is 6.92 Å². The van der Waals surface area contributed by atoms with E-state index in [0.717, 1.165) is 4.31 Å². The smallest absolute Gasteiger partial charge is 0.325 e. The SMILES string of the molecule is CCC1(C(=O)O)CCCN1S(=O)(=O)c1ccc(Cl)c(Br)c1. The number of sulfonamides is 1. The van der Waals surface area contributed by atoms with Crippen molar-refractivity contribution in [3.8, 4) is 0 Å². The van der Waals surface area contributed by atoms with Gasteiger partial charge in [-0.3, -0.25) is 4.79 Å². The van der Waals surface area contributed by atoms with E-state index in [9.17, 15) is 18.3 Å². The second-order valence-electron chi connectivity index (χ2n) is 4.95. The van der Waals surface area contributed by atoms with Crippen molar-refractivity contribution in [3.05, 3.63) is 27.7 Å². The normalized spacial score (nSPS) is 23.4. The summed E-state index contributed by atoms with van der Waals surface area (Å²) >= 11 is 9.07. The summed E-state index contributed by atoms with van der Waals surface area (Å²) < 4.78 is 27.1. The molecule has 0 aromatic heterocycles. The average Bonchev–Trinajstić information content (AvgIpc) is 2.87. The number of carboxylic acid groups (broad SMARTS) is 1. The number of carbonyl (C=O) groups is 1. The summed E-state index contributed by atoms with van der Waals surface area (Å²) in [6.45, 7) is 1.91. The highest BCUT2D eigenvalue weighted by molar-refractivity contribution is 9.10. The fourth-order valence-corrected chi connectivity index (χ4v) is 5.22. The van der Waals surface area contributed by atoms with Crippen LogP contribution in [0.25, 0.3) is 0 Å². The maximum absolute atomic E-state index is 12.8. The topological polar surface area (TPSA) is 74.7 Å². The minimum Gasteiger partial charge on any atom is -0.480 e. The number of rotatable bonds is 4. The van der Waals surface area contributed by atoms with Crippen LogP contribution in [0.15, 0.2) is 27.6 Å². The van der Waals surface area contributed by atoms with E-state index >= 15 is 0 Å². The maximum Gasteiger partial charge on any atom is 0.325 e. The first kappa shape index (κ1) is 16.7. The van der Waals surface area contributed by atoms with Crippen molar-refractivity contribution in [1.29, 1.82) is 0 Å². The minimum absolute atomic E-state index is 0.0414. The van der Waals surface area contributed by atoms with Gasteiger partial charge in [0.2, 0.25) is 10.0 Å². The molecule has 1 heterocycles. The molecule has 0 amide bonds. The molecule has 0 bridgehead atoms. The van der Waals surface area contributed by atoms with Crippen LogP contribution in [0.3, 0.4) is 0 Å². The van der Waals surface area contributed by atoms with Crippen LogP contribution in [0.5, 0.6) is 0 Å². The van der Waals surface area contributed by atoms with Crippen molar-refractivity contribution < 1.29 is 18.3 Å². The van der Waals surface area contributed by atoms with Crippen LogP contribution >= 0.6 is 27.5 Å². The van der Waals surface area contributed by atoms with Crippen LogP contribution in [-0.2, 0) is 14.8 Å². The molecule has 1 saturated heterocycles. The van der Waals surface area contributed by atoms with E-state index in [1.165, 1.54) is 18.2 Å². The largest absolute Gasteiger partial charge is 0.480 e. The molecule has 2 rings (SSSR count). The van der Waals surface area contributed by atoms with Crippen LogP contribution in [0.4, 0.5) is 0 Å². The molecule has 1 unspecified atom stereocenters. The number of nitrogens with zero attached hydrogens (tertiary/aromatic N) is 1. The van der Waals surface area contributed by atoms with Crippen LogP contribution in [-0.4, -0.2) is 35.9 Å². The van der Waals surface area contributed by atoms with Crippen molar-refractivity contribution >= 4 is 43.5 Å². The van der Waals surface area contributed by atoms with E-state index in [1.807, 2.05) is 0 Å². The maximum atomic E-state index is 12.8. The van der Waals surface area contributed by atoms with Gasteiger partial charge in [-0.1, -0.05) is 18.5 Å². The molecule has 116 valence electrons. The first-order valence-corrected chi connectivity index (χ1v) is 9.08. The first-order valence-electron chi connectivity index (χ1n) is 6.47. The van der Waals surface area contributed by atoms with E-state index in [2.05, 4.69) is 15.9 Å². The van der Waals surface area contributed by atoms with Gasteiger partial charge in [0.1, 0.15) is 5.54 Å². The molecule has 1 aromatic rings. The van der Waals surface area contributed by atoms with Gasteiger partial charge in [0.25, 0.3) is 0 Å². The van der Waals surface area contributed by atoms with E-state index in [4.69, 9.17) is 11.6 Å². The van der Waals surface area contributed by atoms with Crippen molar-refractivity contribution in [2.24, 2.45) is 0 Å². The van der Waals surface area contributed by atoms with Gasteiger partial charge in [0, 0.05) is 11.0 Å². The summed E-state index contributed by atoms with van der Waals surface area (Å²) in [6.07, 6.45) is 1.09. The highest BCUT2D eigenvalue weighted by Crippen LogP contribution is 2.38. The Balaban J connectivity index is 2.52. The lowest BCUT2D eigenvalue weighted by molar-refractivity contribution is -0.147. The summed E-state index contributed by atoms with van der Waals surface area (Å²) in [6, 6.07) is 4.27. The van der Waals surface area contributed by atoms with Crippen LogP contribution in [0.1, 0.15) is 26.2 Å². The van der Waals surface area contributed by atoms with Gasteiger partial charge in [-0.15, -0.1) is 0 Å². The number of halogens is 2. The molecule has 1 aliphatic rings. The molecule has 8 heteroatoms. The molecule has 1 aromatic carbocycles. The Labute approximate surface area is 137 Å². The predicted octanol–water partition coefficient (Wildman–Crippen LogP) is 3.12. The number of benzene rings is 1. The van der Waals surface area contributed by atoms with Gasteiger partial charge in [-0.25, -0.2) is 8.42 Å². The molecule has 1 N–H and O–H groups in total. The Bertz CT molecular complexity index is 679. The lowest BCUT2D eigenvalue weighted by Crippen LogP contribution is -2.52. The first-order chi connectivity index (χ1) is 9.75. The quantitative estimate of drug-likeness (QED) is 0.848. The molecule has 1 fully saturated rings. The van der Waals surface area contributed by atoms with Crippen LogP contribution < -0.4 is 0 Å². The van der Waals surface area contributed by atoms with Crippen molar-refractivity contribution in [1.82, 2.24) is 4.31 Å². The standard InChI is InChI=1S/C13H15BrClNO4S/c1-2-13(12(17)18)6-3-7-16(13)21(19,20)9-4-5-11(15)10(14)8-9/h4-5,8H,2-3,6-7H2,1H3,(H,17,18). The average molecular weight is 397 g/mol. The molecular weight excluding hydrogens is 382 g/mol. The van der Waals surface area contributed by atoms with E-state index in [-0.39, 0.29) is 17.9 Å². The Morgan fingerprint density at radius 3 is 2.71 bits per heavy atom.